The van der Waals surface area contributed by atoms with Crippen molar-refractivity contribution in [3.8, 4) is 0 Å². The van der Waals surface area contributed by atoms with E-state index in [-0.39, 0.29) is 23.8 Å². The van der Waals surface area contributed by atoms with E-state index in [1.807, 2.05) is 23.8 Å². The van der Waals surface area contributed by atoms with Crippen molar-refractivity contribution >= 4 is 23.2 Å². The van der Waals surface area contributed by atoms with E-state index in [4.69, 9.17) is 5.11 Å². The summed E-state index contributed by atoms with van der Waals surface area (Å²) >= 11 is 1.61. The number of rotatable bonds is 6. The summed E-state index contributed by atoms with van der Waals surface area (Å²) in [5, 5.41) is 16.0. The van der Waals surface area contributed by atoms with Gasteiger partial charge in [0.05, 0.1) is 12.5 Å². The molecule has 0 aromatic carbocycles. The van der Waals surface area contributed by atoms with Gasteiger partial charge in [0.2, 0.25) is 5.91 Å². The molecule has 0 spiro atoms. The minimum atomic E-state index is -0.800. The van der Waals surface area contributed by atoms with E-state index in [2.05, 4.69) is 5.32 Å². The summed E-state index contributed by atoms with van der Waals surface area (Å²) in [6.45, 7) is 1.96. The molecule has 0 radical (unpaired) electrons. The lowest BCUT2D eigenvalue weighted by Gasteiger charge is -2.27. The molecule has 1 saturated carbocycles. The summed E-state index contributed by atoms with van der Waals surface area (Å²) in [4.78, 5) is 23.2. The van der Waals surface area contributed by atoms with Gasteiger partial charge in [0.15, 0.2) is 0 Å². The van der Waals surface area contributed by atoms with Gasteiger partial charge in [-0.3, -0.25) is 9.59 Å². The highest BCUT2D eigenvalue weighted by Crippen LogP contribution is 2.44. The zero-order valence-corrected chi connectivity index (χ0v) is 12.5. The zero-order valence-electron chi connectivity index (χ0n) is 11.7. The second-order valence-electron chi connectivity index (χ2n) is 5.80. The van der Waals surface area contributed by atoms with Crippen LogP contribution in [0.15, 0.2) is 16.8 Å². The van der Waals surface area contributed by atoms with Crippen molar-refractivity contribution in [2.45, 2.75) is 51.5 Å². The quantitative estimate of drug-likeness (QED) is 0.845. The molecule has 1 aliphatic carbocycles. The summed E-state index contributed by atoms with van der Waals surface area (Å²) in [6, 6.07) is 1.98. The molecule has 1 heterocycles. The fourth-order valence-electron chi connectivity index (χ4n) is 3.10. The maximum Gasteiger partial charge on any atom is 0.303 e. The fourth-order valence-corrected chi connectivity index (χ4v) is 3.85. The first kappa shape index (κ1) is 15.0. The Labute approximate surface area is 123 Å². The van der Waals surface area contributed by atoms with Gasteiger partial charge in [-0.1, -0.05) is 12.8 Å². The second-order valence-corrected chi connectivity index (χ2v) is 6.58. The molecular formula is C15H21NO3S. The lowest BCUT2D eigenvalue weighted by Crippen LogP contribution is -2.33. The summed E-state index contributed by atoms with van der Waals surface area (Å²) in [5.41, 5.74) is 0.770. The van der Waals surface area contributed by atoms with Crippen molar-refractivity contribution in [3.63, 3.8) is 0 Å². The Kier molecular flexibility index (Phi) is 4.81. The van der Waals surface area contributed by atoms with Crippen LogP contribution in [-0.2, 0) is 9.59 Å². The van der Waals surface area contributed by atoms with E-state index in [1.54, 1.807) is 11.3 Å². The summed E-state index contributed by atoms with van der Waals surface area (Å²) < 4.78 is 0. The van der Waals surface area contributed by atoms with Crippen LogP contribution in [-0.4, -0.2) is 17.0 Å². The van der Waals surface area contributed by atoms with E-state index >= 15 is 0 Å². The van der Waals surface area contributed by atoms with Crippen molar-refractivity contribution in [1.29, 1.82) is 0 Å². The molecule has 2 N–H and O–H groups in total. The van der Waals surface area contributed by atoms with Crippen LogP contribution in [0.3, 0.4) is 0 Å². The Morgan fingerprint density at radius 2 is 2.10 bits per heavy atom. The smallest absolute Gasteiger partial charge is 0.303 e. The molecule has 0 saturated heterocycles. The summed E-state index contributed by atoms with van der Waals surface area (Å²) in [7, 11) is 0. The van der Waals surface area contributed by atoms with Gasteiger partial charge in [0.25, 0.3) is 0 Å². The van der Waals surface area contributed by atoms with Crippen molar-refractivity contribution in [2.24, 2.45) is 5.41 Å². The number of hydrogen-bond donors (Lipinski definition) is 2. The Balaban J connectivity index is 1.93. The van der Waals surface area contributed by atoms with Crippen LogP contribution in [0.25, 0.3) is 0 Å². The van der Waals surface area contributed by atoms with Gasteiger partial charge in [-0.2, -0.15) is 11.3 Å². The molecular weight excluding hydrogens is 274 g/mol. The fraction of sp³-hybridized carbons (Fsp3) is 0.600. The Bertz CT molecular complexity index is 463. The van der Waals surface area contributed by atoms with Crippen molar-refractivity contribution in [1.82, 2.24) is 5.32 Å². The van der Waals surface area contributed by atoms with Crippen LogP contribution >= 0.6 is 11.3 Å². The van der Waals surface area contributed by atoms with Gasteiger partial charge < -0.3 is 10.4 Å². The molecule has 5 heteroatoms. The van der Waals surface area contributed by atoms with Gasteiger partial charge in [-0.25, -0.2) is 0 Å². The number of carboxylic acids is 1. The average Bonchev–Trinajstić information content (AvgIpc) is 2.98. The van der Waals surface area contributed by atoms with Gasteiger partial charge in [-0.05, 0) is 47.6 Å². The maximum absolute atomic E-state index is 12.2. The molecule has 1 aromatic heterocycles. The first-order valence-corrected chi connectivity index (χ1v) is 7.98. The zero-order chi connectivity index (χ0) is 14.6. The van der Waals surface area contributed by atoms with E-state index in [9.17, 15) is 9.59 Å². The highest BCUT2D eigenvalue weighted by atomic mass is 32.1. The van der Waals surface area contributed by atoms with Crippen molar-refractivity contribution in [2.75, 3.05) is 0 Å². The molecule has 1 aliphatic rings. The number of carbonyl (C=O) groups excluding carboxylic acids is 1. The number of carboxylic acid groups (broad SMARTS) is 1. The third-order valence-electron chi connectivity index (χ3n) is 4.15. The predicted molar refractivity (Wildman–Crippen MR) is 78.6 cm³/mol. The molecule has 110 valence electrons. The third kappa shape index (κ3) is 3.82. The van der Waals surface area contributed by atoms with Crippen LogP contribution in [0.2, 0.25) is 0 Å². The topological polar surface area (TPSA) is 66.4 Å². The molecule has 0 bridgehead atoms. The molecule has 1 aromatic rings. The van der Waals surface area contributed by atoms with E-state index in [1.165, 1.54) is 0 Å². The van der Waals surface area contributed by atoms with E-state index in [0.29, 0.717) is 6.42 Å². The molecule has 0 aliphatic heterocycles. The monoisotopic (exact) mass is 295 g/mol. The molecule has 1 unspecified atom stereocenters. The number of amides is 1. The van der Waals surface area contributed by atoms with Crippen LogP contribution in [0.1, 0.15) is 57.1 Å². The lowest BCUT2D eigenvalue weighted by molar-refractivity contribution is -0.140. The standard InChI is InChI=1S/C15H21NO3S/c1-11(12-4-7-20-10-12)16-13(17)8-15(9-14(18)19)5-2-3-6-15/h4,7,10-11H,2-3,5-6,8-9H2,1H3,(H,16,17)(H,18,19). The van der Waals surface area contributed by atoms with Crippen LogP contribution in [0, 0.1) is 5.41 Å². The number of hydrogen-bond acceptors (Lipinski definition) is 3. The Hall–Kier alpha value is -1.36. The lowest BCUT2D eigenvalue weighted by atomic mass is 9.79. The molecule has 4 nitrogen and oxygen atoms in total. The number of thiophene rings is 1. The Morgan fingerprint density at radius 1 is 1.40 bits per heavy atom. The minimum Gasteiger partial charge on any atom is -0.481 e. The molecule has 2 rings (SSSR count). The van der Waals surface area contributed by atoms with Gasteiger partial charge >= 0.3 is 5.97 Å². The minimum absolute atomic E-state index is 0.0166. The highest BCUT2D eigenvalue weighted by Gasteiger charge is 2.38. The summed E-state index contributed by atoms with van der Waals surface area (Å²) in [6.07, 6.45) is 4.18. The highest BCUT2D eigenvalue weighted by molar-refractivity contribution is 7.07. The Morgan fingerprint density at radius 3 is 2.65 bits per heavy atom. The van der Waals surface area contributed by atoms with Crippen LogP contribution < -0.4 is 5.32 Å². The van der Waals surface area contributed by atoms with E-state index < -0.39 is 5.97 Å². The molecule has 1 amide bonds. The molecule has 1 fully saturated rings. The second kappa shape index (κ2) is 6.39. The first-order chi connectivity index (χ1) is 9.51. The SMILES string of the molecule is CC(NC(=O)CC1(CC(=O)O)CCCC1)c1ccsc1. The van der Waals surface area contributed by atoms with Crippen LogP contribution in [0.5, 0.6) is 0 Å². The molecule has 20 heavy (non-hydrogen) atoms. The van der Waals surface area contributed by atoms with Gasteiger partial charge in [0.1, 0.15) is 0 Å². The van der Waals surface area contributed by atoms with Gasteiger partial charge in [-0.15, -0.1) is 0 Å². The van der Waals surface area contributed by atoms with Crippen LogP contribution in [0.4, 0.5) is 0 Å². The number of carbonyl (C=O) groups is 2. The maximum atomic E-state index is 12.2. The average molecular weight is 295 g/mol. The first-order valence-electron chi connectivity index (χ1n) is 7.04. The normalized spacial score (nSPS) is 18.6. The number of nitrogens with one attached hydrogen (secondary N) is 1. The van der Waals surface area contributed by atoms with E-state index in [0.717, 1.165) is 31.2 Å². The van der Waals surface area contributed by atoms with Crippen molar-refractivity contribution in [3.05, 3.63) is 22.4 Å². The third-order valence-corrected chi connectivity index (χ3v) is 4.85. The predicted octanol–water partition coefficient (Wildman–Crippen LogP) is 3.35. The van der Waals surface area contributed by atoms with Gasteiger partial charge in [0, 0.05) is 6.42 Å². The largest absolute Gasteiger partial charge is 0.481 e. The van der Waals surface area contributed by atoms with Crippen molar-refractivity contribution < 1.29 is 14.7 Å². The summed E-state index contributed by atoms with van der Waals surface area (Å²) in [5.74, 6) is -0.836. The number of aliphatic carboxylic acids is 1. The molecule has 1 atom stereocenters.